The first kappa shape index (κ1) is 14.0. The predicted octanol–water partition coefficient (Wildman–Crippen LogP) is 4.18. The van der Waals surface area contributed by atoms with Gasteiger partial charge >= 0.3 is 0 Å². The lowest BCUT2D eigenvalue weighted by molar-refractivity contribution is 0.0948. The van der Waals surface area contributed by atoms with Crippen LogP contribution >= 0.6 is 27.3 Å². The van der Waals surface area contributed by atoms with E-state index in [2.05, 4.69) is 45.1 Å². The van der Waals surface area contributed by atoms with Crippen LogP contribution in [0, 0.1) is 0 Å². The number of rotatable bonds is 4. The molecule has 2 heterocycles. The molecule has 1 atom stereocenters. The summed E-state index contributed by atoms with van der Waals surface area (Å²) in [5.74, 6) is 0.800. The Morgan fingerprint density at radius 1 is 1.25 bits per heavy atom. The molecule has 0 N–H and O–H groups in total. The van der Waals surface area contributed by atoms with E-state index in [0.717, 1.165) is 28.2 Å². The molecule has 20 heavy (non-hydrogen) atoms. The van der Waals surface area contributed by atoms with Gasteiger partial charge < -0.3 is 0 Å². The molecule has 0 saturated carbocycles. The van der Waals surface area contributed by atoms with Crippen LogP contribution in [0.25, 0.3) is 0 Å². The van der Waals surface area contributed by atoms with Gasteiger partial charge in [-0.25, -0.2) is 0 Å². The lowest BCUT2D eigenvalue weighted by Crippen LogP contribution is -2.27. The van der Waals surface area contributed by atoms with Gasteiger partial charge in [0, 0.05) is 6.54 Å². The third-order valence-electron chi connectivity index (χ3n) is 3.76. The lowest BCUT2D eigenvalue weighted by Gasteiger charge is -2.14. The molecule has 1 aliphatic heterocycles. The van der Waals surface area contributed by atoms with Crippen LogP contribution in [0.3, 0.4) is 0 Å². The summed E-state index contributed by atoms with van der Waals surface area (Å²) in [6, 6.07) is 14.4. The van der Waals surface area contributed by atoms with Crippen molar-refractivity contribution < 1.29 is 4.79 Å². The molecule has 0 radical (unpaired) electrons. The smallest absolute Gasteiger partial charge is 0.186 e. The van der Waals surface area contributed by atoms with Gasteiger partial charge in [0.2, 0.25) is 0 Å². The first-order chi connectivity index (χ1) is 9.72. The normalized spacial score (nSPS) is 19.4. The number of hydrogen-bond acceptors (Lipinski definition) is 3. The van der Waals surface area contributed by atoms with E-state index in [1.54, 1.807) is 0 Å². The third-order valence-corrected chi connectivity index (χ3v) is 5.42. The Labute approximate surface area is 131 Å². The fourth-order valence-electron chi connectivity index (χ4n) is 2.72. The lowest BCUT2D eigenvalue weighted by atomic mass is 9.99. The molecule has 1 fully saturated rings. The SMILES string of the molecule is O=C(CN1CCC(c2ccccc2)C1)c1ccc(Br)s1. The maximum atomic E-state index is 12.2. The van der Waals surface area contributed by atoms with Gasteiger partial charge in [0.25, 0.3) is 0 Å². The molecule has 1 saturated heterocycles. The zero-order chi connectivity index (χ0) is 13.9. The van der Waals surface area contributed by atoms with Crippen LogP contribution in [-0.4, -0.2) is 30.3 Å². The van der Waals surface area contributed by atoms with E-state index in [0.29, 0.717) is 12.5 Å². The molecule has 1 aromatic carbocycles. The number of ketones is 1. The topological polar surface area (TPSA) is 20.3 Å². The second kappa shape index (κ2) is 6.20. The van der Waals surface area contributed by atoms with Crippen molar-refractivity contribution in [3.8, 4) is 0 Å². The molecule has 104 valence electrons. The summed E-state index contributed by atoms with van der Waals surface area (Å²) >= 11 is 4.92. The number of Topliss-reactive ketones (excluding diaryl/α,β-unsaturated/α-hetero) is 1. The number of nitrogens with zero attached hydrogens (tertiary/aromatic N) is 1. The Kier molecular flexibility index (Phi) is 4.34. The average Bonchev–Trinajstić information content (AvgIpc) is 3.09. The minimum atomic E-state index is 0.231. The van der Waals surface area contributed by atoms with Gasteiger partial charge in [-0.05, 0) is 52.5 Å². The van der Waals surface area contributed by atoms with Crippen molar-refractivity contribution in [2.24, 2.45) is 0 Å². The average molecular weight is 350 g/mol. The summed E-state index contributed by atoms with van der Waals surface area (Å²) in [6.07, 6.45) is 1.14. The van der Waals surface area contributed by atoms with Crippen molar-refractivity contribution in [1.82, 2.24) is 4.90 Å². The summed E-state index contributed by atoms with van der Waals surface area (Å²) in [4.78, 5) is 15.3. The van der Waals surface area contributed by atoms with E-state index in [1.165, 1.54) is 16.9 Å². The van der Waals surface area contributed by atoms with Gasteiger partial charge in [0.1, 0.15) is 0 Å². The molecular weight excluding hydrogens is 334 g/mol. The maximum absolute atomic E-state index is 12.2. The Bertz CT molecular complexity index is 596. The zero-order valence-electron chi connectivity index (χ0n) is 11.1. The molecule has 1 aliphatic rings. The minimum Gasteiger partial charge on any atom is -0.295 e. The number of thiophene rings is 1. The monoisotopic (exact) mass is 349 g/mol. The summed E-state index contributed by atoms with van der Waals surface area (Å²) in [5, 5.41) is 0. The summed E-state index contributed by atoms with van der Waals surface area (Å²) in [5.41, 5.74) is 1.39. The summed E-state index contributed by atoms with van der Waals surface area (Å²) < 4.78 is 1.02. The van der Waals surface area contributed by atoms with Crippen LogP contribution in [-0.2, 0) is 0 Å². The minimum absolute atomic E-state index is 0.231. The molecule has 3 rings (SSSR count). The molecular formula is C16H16BrNOS. The standard InChI is InChI=1S/C16H16BrNOS/c17-16-7-6-15(20-16)14(19)11-18-9-8-13(10-18)12-4-2-1-3-5-12/h1-7,13H,8-11H2. The molecule has 1 aromatic heterocycles. The number of carbonyl (C=O) groups excluding carboxylic acids is 1. The largest absolute Gasteiger partial charge is 0.295 e. The van der Waals surface area contributed by atoms with Crippen LogP contribution in [0.5, 0.6) is 0 Å². The van der Waals surface area contributed by atoms with Crippen molar-refractivity contribution in [3.05, 3.63) is 56.7 Å². The maximum Gasteiger partial charge on any atom is 0.186 e. The Balaban J connectivity index is 1.59. The van der Waals surface area contributed by atoms with E-state index in [9.17, 15) is 4.79 Å². The van der Waals surface area contributed by atoms with Crippen molar-refractivity contribution in [2.45, 2.75) is 12.3 Å². The van der Waals surface area contributed by atoms with Crippen LogP contribution in [0.1, 0.15) is 27.6 Å². The van der Waals surface area contributed by atoms with Gasteiger partial charge in [-0.15, -0.1) is 11.3 Å². The van der Waals surface area contributed by atoms with Gasteiger partial charge in [-0.3, -0.25) is 9.69 Å². The number of hydrogen-bond donors (Lipinski definition) is 0. The van der Waals surface area contributed by atoms with Gasteiger partial charge in [0.15, 0.2) is 5.78 Å². The van der Waals surface area contributed by atoms with Crippen LogP contribution in [0.15, 0.2) is 46.3 Å². The highest BCUT2D eigenvalue weighted by molar-refractivity contribution is 9.11. The van der Waals surface area contributed by atoms with Gasteiger partial charge in [-0.2, -0.15) is 0 Å². The molecule has 2 nitrogen and oxygen atoms in total. The van der Waals surface area contributed by atoms with Gasteiger partial charge in [-0.1, -0.05) is 30.3 Å². The fraction of sp³-hybridized carbons (Fsp3) is 0.312. The second-order valence-corrected chi connectivity index (χ2v) is 7.62. The van der Waals surface area contributed by atoms with Crippen molar-refractivity contribution in [3.63, 3.8) is 0 Å². The van der Waals surface area contributed by atoms with Gasteiger partial charge in [0.05, 0.1) is 15.2 Å². The molecule has 4 heteroatoms. The number of halogens is 1. The van der Waals surface area contributed by atoms with Crippen LogP contribution < -0.4 is 0 Å². The number of carbonyl (C=O) groups is 1. The Hall–Kier alpha value is -0.970. The molecule has 0 spiro atoms. The summed E-state index contributed by atoms with van der Waals surface area (Å²) in [7, 11) is 0. The molecule has 2 aromatic rings. The van der Waals surface area contributed by atoms with E-state index < -0.39 is 0 Å². The number of likely N-dealkylation sites (tertiary alicyclic amines) is 1. The fourth-order valence-corrected chi connectivity index (χ4v) is 4.03. The molecule has 0 amide bonds. The van der Waals surface area contributed by atoms with Crippen LogP contribution in [0.2, 0.25) is 0 Å². The Morgan fingerprint density at radius 2 is 2.05 bits per heavy atom. The van der Waals surface area contributed by atoms with Crippen molar-refractivity contribution in [1.29, 1.82) is 0 Å². The van der Waals surface area contributed by atoms with Crippen LogP contribution in [0.4, 0.5) is 0 Å². The highest BCUT2D eigenvalue weighted by atomic mass is 79.9. The molecule has 1 unspecified atom stereocenters. The van der Waals surface area contributed by atoms with E-state index in [1.807, 2.05) is 18.2 Å². The molecule has 0 aliphatic carbocycles. The highest BCUT2D eigenvalue weighted by Crippen LogP contribution is 2.28. The first-order valence-corrected chi connectivity index (χ1v) is 8.39. The highest BCUT2D eigenvalue weighted by Gasteiger charge is 2.25. The number of benzene rings is 1. The predicted molar refractivity (Wildman–Crippen MR) is 86.6 cm³/mol. The quantitative estimate of drug-likeness (QED) is 0.771. The zero-order valence-corrected chi connectivity index (χ0v) is 13.5. The van der Waals surface area contributed by atoms with Crippen molar-refractivity contribution >= 4 is 33.0 Å². The second-order valence-electron chi connectivity index (χ2n) is 5.16. The third kappa shape index (κ3) is 3.19. The van der Waals surface area contributed by atoms with E-state index in [-0.39, 0.29) is 5.78 Å². The van der Waals surface area contributed by atoms with E-state index >= 15 is 0 Å². The Morgan fingerprint density at radius 3 is 2.75 bits per heavy atom. The first-order valence-electron chi connectivity index (χ1n) is 6.78. The van der Waals surface area contributed by atoms with Crippen molar-refractivity contribution in [2.75, 3.05) is 19.6 Å². The summed E-state index contributed by atoms with van der Waals surface area (Å²) in [6.45, 7) is 2.54. The molecule has 0 bridgehead atoms. The van der Waals surface area contributed by atoms with E-state index in [4.69, 9.17) is 0 Å².